The molecule has 14 heteroatoms. The van der Waals surface area contributed by atoms with Crippen LogP contribution >= 0.6 is 0 Å². The molecule has 0 fully saturated rings. The largest absolute Gasteiger partial charge is 0.486 e. The number of hydrogen-bond donors (Lipinski definition) is 4. The molecule has 572 valence electrons. The standard InChI is InChI=1S/C60H45N3O4.C44H33N3O4/c1-42-8-30-51(31-9-42)56(52-32-10-43(2)11-33-52)7-5-6-44-24-34-53(35-25-44)63(54-36-26-47(27-37-54)14-12-45-16-20-49(21-17-45)40-57(61-3)59(64)65)55-38-28-48(29-39-55)15-13-46-18-22-50(23-19-46)41-58(62-4)60(66)67;1-30-6-5-7-42(31(30)2)47(38-24-20-34(21-25-38)10-8-32-12-16-36(17-13-32)28-40(45-3)43(48)49)39-26-22-35(23-27-39)11-9-33-14-18-37(19-15-33)29-41(46-4)44(50)51/h5-41H,1-2H3,(H,64,65)(H,66,67);5-29H,1-2H3,(H,48,49)(H,50,51)/b6-5+,14-12+,15-13+,57-40-,58-41-;10-8+,11-9+,40-28-,41-29-. The Morgan fingerprint density at radius 1 is 0.271 bits per heavy atom. The summed E-state index contributed by atoms with van der Waals surface area (Å²) >= 11 is 0. The molecule has 12 rings (SSSR count). The van der Waals surface area contributed by atoms with Crippen LogP contribution in [-0.4, -0.2) is 44.3 Å². The lowest BCUT2D eigenvalue weighted by atomic mass is 9.96. The maximum Gasteiger partial charge on any atom is 0.333 e. The fourth-order valence-corrected chi connectivity index (χ4v) is 12.4. The second kappa shape index (κ2) is 40.1. The summed E-state index contributed by atoms with van der Waals surface area (Å²) in [6, 6.07) is 94.6. The summed E-state index contributed by atoms with van der Waals surface area (Å²) in [7, 11) is 0. The van der Waals surface area contributed by atoms with Crippen molar-refractivity contribution >= 4 is 143 Å². The normalized spacial score (nSPS) is 11.7. The third-order valence-electron chi connectivity index (χ3n) is 19.0. The van der Waals surface area contributed by atoms with E-state index >= 15 is 0 Å². The van der Waals surface area contributed by atoms with E-state index in [1.165, 1.54) is 46.6 Å². The van der Waals surface area contributed by atoms with Gasteiger partial charge in [-0.15, -0.1) is 0 Å². The first-order valence-corrected chi connectivity index (χ1v) is 37.3. The van der Waals surface area contributed by atoms with E-state index < -0.39 is 23.9 Å². The summed E-state index contributed by atoms with van der Waals surface area (Å²) in [5.74, 6) is -4.99. The molecule has 0 aliphatic rings. The molecule has 0 aliphatic carbocycles. The fourth-order valence-electron chi connectivity index (χ4n) is 12.4. The maximum absolute atomic E-state index is 11.3. The van der Waals surface area contributed by atoms with E-state index in [0.29, 0.717) is 22.3 Å². The monoisotopic (exact) mass is 1540 g/mol. The minimum Gasteiger partial charge on any atom is -0.486 e. The van der Waals surface area contributed by atoms with Gasteiger partial charge in [-0.1, -0.05) is 296 Å². The van der Waals surface area contributed by atoms with Gasteiger partial charge in [0.15, 0.2) is 0 Å². The first-order valence-electron chi connectivity index (χ1n) is 37.3. The van der Waals surface area contributed by atoms with Crippen molar-refractivity contribution in [3.05, 3.63) is 471 Å². The fraction of sp³-hybridized carbons (Fsp3) is 0.0385. The highest BCUT2D eigenvalue weighted by molar-refractivity contribution is 5.97. The Hall–Kier alpha value is -16.5. The van der Waals surface area contributed by atoms with E-state index in [1.807, 2.05) is 97.1 Å². The number of rotatable bonds is 26. The number of nitrogens with zero attached hydrogens (tertiary/aromatic N) is 6. The van der Waals surface area contributed by atoms with Gasteiger partial charge in [0.25, 0.3) is 22.8 Å². The average molecular weight is 1540 g/mol. The third-order valence-corrected chi connectivity index (χ3v) is 19.0. The topological polar surface area (TPSA) is 173 Å². The lowest BCUT2D eigenvalue weighted by Crippen LogP contribution is -2.11. The number of carboxylic acid groups (broad SMARTS) is 4. The van der Waals surface area contributed by atoms with E-state index in [4.69, 9.17) is 36.5 Å². The van der Waals surface area contributed by atoms with Gasteiger partial charge in [-0.25, -0.2) is 19.4 Å². The van der Waals surface area contributed by atoms with E-state index in [-0.39, 0.29) is 22.8 Å². The Morgan fingerprint density at radius 3 is 0.729 bits per heavy atom. The van der Waals surface area contributed by atoms with Crippen LogP contribution in [-0.2, 0) is 19.2 Å². The Labute approximate surface area is 687 Å². The minimum atomic E-state index is -1.25. The van der Waals surface area contributed by atoms with Crippen molar-refractivity contribution in [3.63, 3.8) is 0 Å². The zero-order chi connectivity index (χ0) is 83.5. The van der Waals surface area contributed by atoms with Crippen molar-refractivity contribution < 1.29 is 39.6 Å². The van der Waals surface area contributed by atoms with Gasteiger partial charge in [0.1, 0.15) is 0 Å². The lowest BCUT2D eigenvalue weighted by Gasteiger charge is -2.28. The van der Waals surface area contributed by atoms with Crippen molar-refractivity contribution in [3.8, 4) is 0 Å². The molecule has 0 bridgehead atoms. The number of hydrogen-bond acceptors (Lipinski definition) is 6. The summed E-state index contributed by atoms with van der Waals surface area (Å²) in [4.78, 5) is 61.5. The molecule has 0 saturated carbocycles. The first-order chi connectivity index (χ1) is 57.2. The van der Waals surface area contributed by atoms with Gasteiger partial charge in [0.2, 0.25) is 0 Å². The number of carboxylic acids is 4. The molecule has 0 amide bonds. The highest BCUT2D eigenvalue weighted by Gasteiger charge is 2.18. The van der Waals surface area contributed by atoms with Crippen LogP contribution < -0.4 is 9.80 Å². The molecule has 0 atom stereocenters. The predicted octanol–water partition coefficient (Wildman–Crippen LogP) is 25.8. The molecule has 12 aromatic carbocycles. The van der Waals surface area contributed by atoms with Gasteiger partial charge in [-0.2, -0.15) is 0 Å². The summed E-state index contributed by atoms with van der Waals surface area (Å²) in [5, 5.41) is 36.6. The molecule has 0 aliphatic heterocycles. The van der Waals surface area contributed by atoms with Crippen LogP contribution in [0.4, 0.5) is 34.1 Å². The zero-order valence-electron chi connectivity index (χ0n) is 64.9. The molecule has 0 heterocycles. The molecule has 0 aromatic heterocycles. The van der Waals surface area contributed by atoms with Gasteiger partial charge in [-0.05, 0) is 219 Å². The zero-order valence-corrected chi connectivity index (χ0v) is 64.9. The maximum atomic E-state index is 11.3. The molecule has 4 N–H and O–H groups in total. The molecule has 0 saturated heterocycles. The van der Waals surface area contributed by atoms with Crippen LogP contribution in [0.2, 0.25) is 0 Å². The average Bonchev–Trinajstić information content (AvgIpc) is 0.799. The number of allylic oxidation sites excluding steroid dienone is 2. The number of anilines is 6. The Bertz CT molecular complexity index is 5830. The summed E-state index contributed by atoms with van der Waals surface area (Å²) in [5.41, 5.74) is 24.4. The van der Waals surface area contributed by atoms with Gasteiger partial charge >= 0.3 is 23.9 Å². The van der Waals surface area contributed by atoms with Crippen molar-refractivity contribution in [1.82, 2.24) is 0 Å². The van der Waals surface area contributed by atoms with Crippen molar-refractivity contribution in [2.75, 3.05) is 9.80 Å². The van der Waals surface area contributed by atoms with Crippen LogP contribution in [0.1, 0.15) is 106 Å². The molecule has 0 spiro atoms. The van der Waals surface area contributed by atoms with Crippen LogP contribution in [0.5, 0.6) is 0 Å². The van der Waals surface area contributed by atoms with Gasteiger partial charge in [0.05, 0.1) is 26.3 Å². The van der Waals surface area contributed by atoms with E-state index in [9.17, 15) is 29.4 Å². The minimum absolute atomic E-state index is 0.326. The van der Waals surface area contributed by atoms with Crippen LogP contribution in [0.25, 0.3) is 104 Å². The van der Waals surface area contributed by atoms with Crippen LogP contribution in [0.3, 0.4) is 0 Å². The molecule has 0 radical (unpaired) electrons. The quantitative estimate of drug-likeness (QED) is 0.0177. The van der Waals surface area contributed by atoms with Crippen molar-refractivity contribution in [1.29, 1.82) is 0 Å². The molecular weight excluding hydrogens is 1460 g/mol. The molecular formula is C104H78N6O8. The van der Waals surface area contributed by atoms with E-state index in [1.54, 1.807) is 48.5 Å². The Balaban J connectivity index is 0.000000240. The second-order valence-corrected chi connectivity index (χ2v) is 27.3. The molecule has 0 unspecified atom stereocenters. The second-order valence-electron chi connectivity index (χ2n) is 27.3. The van der Waals surface area contributed by atoms with Crippen molar-refractivity contribution in [2.24, 2.45) is 0 Å². The first kappa shape index (κ1) is 82.4. The van der Waals surface area contributed by atoms with Gasteiger partial charge < -0.3 is 30.2 Å². The Morgan fingerprint density at radius 2 is 0.492 bits per heavy atom. The summed E-state index contributed by atoms with van der Waals surface area (Å²) in [6.45, 7) is 36.7. The highest BCUT2D eigenvalue weighted by atomic mass is 16.4. The summed E-state index contributed by atoms with van der Waals surface area (Å²) < 4.78 is 0. The SMILES string of the molecule is [C-]#[N+]/C(=C\c1ccc(/C=C/c2ccc(N(c3ccc(/C=C/C=C(c4ccc(C)cc4)c4ccc(C)cc4)cc3)c3ccc(/C=C/c4ccc(/C=C(\[N+]#[C-])C(=O)O)cc4)cc3)cc2)cc1)C(=O)O.[C-]#[N+]/C(=C\c1ccc(/C=C/c2ccc(N(c3ccc(/C=C/c4ccc(/C=C(\[N+]#[C-])C(=O)O)cc4)cc3)c3cccc(C)c3C)cc2)cc1)C(=O)O. The lowest BCUT2D eigenvalue weighted by molar-refractivity contribution is -0.133. The van der Waals surface area contributed by atoms with E-state index in [0.717, 1.165) is 101 Å². The van der Waals surface area contributed by atoms with Crippen LogP contribution in [0.15, 0.2) is 320 Å². The smallest absolute Gasteiger partial charge is 0.333 e. The summed E-state index contributed by atoms with van der Waals surface area (Å²) in [6.07, 6.45) is 27.8. The molecule has 118 heavy (non-hydrogen) atoms. The molecule has 12 aromatic rings. The number of aryl methyl sites for hydroxylation is 3. The highest BCUT2D eigenvalue weighted by Crippen LogP contribution is 2.39. The third kappa shape index (κ3) is 22.9. The van der Waals surface area contributed by atoms with Crippen molar-refractivity contribution in [2.45, 2.75) is 27.7 Å². The number of carbonyl (C=O) groups is 4. The predicted molar refractivity (Wildman–Crippen MR) is 481 cm³/mol. The Kier molecular flexibility index (Phi) is 28.0. The number of benzene rings is 12. The molecule has 14 nitrogen and oxygen atoms in total. The van der Waals surface area contributed by atoms with Gasteiger partial charge in [0, 0.05) is 34.1 Å². The van der Waals surface area contributed by atoms with Crippen LogP contribution in [0, 0.1) is 54.0 Å². The van der Waals surface area contributed by atoms with Gasteiger partial charge in [-0.3, -0.25) is 19.2 Å². The number of aliphatic carboxylic acids is 4. The van der Waals surface area contributed by atoms with E-state index in [2.05, 4.69) is 263 Å².